The fraction of sp³-hybridized carbons (Fsp3) is 0.333. The number of benzene rings is 1. The number of nitrogens with one attached hydrogen (secondary N) is 1. The van der Waals surface area contributed by atoms with E-state index >= 15 is 0 Å². The van der Waals surface area contributed by atoms with Crippen molar-refractivity contribution in [2.45, 2.75) is 18.9 Å². The monoisotopic (exact) mass is 278 g/mol. The molecular formula is C12H11BrN2O. The van der Waals surface area contributed by atoms with Gasteiger partial charge in [-0.1, -0.05) is 15.9 Å². The first kappa shape index (κ1) is 11.2. The Balaban J connectivity index is 2.02. The molecule has 82 valence electrons. The fourth-order valence-electron chi connectivity index (χ4n) is 1.51. The molecular weight excluding hydrogens is 268 g/mol. The zero-order chi connectivity index (χ0) is 11.5. The van der Waals surface area contributed by atoms with Crippen LogP contribution in [-0.2, 0) is 0 Å². The molecule has 3 nitrogen and oxygen atoms in total. The van der Waals surface area contributed by atoms with Gasteiger partial charge in [-0.15, -0.1) is 0 Å². The lowest BCUT2D eigenvalue weighted by molar-refractivity contribution is 0.0942. The number of amides is 1. The zero-order valence-corrected chi connectivity index (χ0v) is 10.2. The van der Waals surface area contributed by atoms with Gasteiger partial charge in [0.2, 0.25) is 0 Å². The van der Waals surface area contributed by atoms with E-state index in [1.54, 1.807) is 12.1 Å². The van der Waals surface area contributed by atoms with Crippen LogP contribution in [0.1, 0.15) is 23.2 Å². The number of nitriles is 1. The van der Waals surface area contributed by atoms with E-state index in [1.165, 1.54) is 0 Å². The van der Waals surface area contributed by atoms with Gasteiger partial charge in [0.1, 0.15) is 6.04 Å². The maximum absolute atomic E-state index is 11.8. The number of hydrogen-bond donors (Lipinski definition) is 1. The molecule has 16 heavy (non-hydrogen) atoms. The Hall–Kier alpha value is -1.34. The highest BCUT2D eigenvalue weighted by molar-refractivity contribution is 9.10. The van der Waals surface area contributed by atoms with Gasteiger partial charge < -0.3 is 5.32 Å². The maximum Gasteiger partial charge on any atom is 0.252 e. The molecule has 1 amide bonds. The maximum atomic E-state index is 11.8. The van der Waals surface area contributed by atoms with Gasteiger partial charge in [-0.25, -0.2) is 0 Å². The highest BCUT2D eigenvalue weighted by atomic mass is 79.9. The number of carbonyl (C=O) groups is 1. The molecule has 1 aliphatic carbocycles. The summed E-state index contributed by atoms with van der Waals surface area (Å²) in [5.74, 6) is 0.176. The Kier molecular flexibility index (Phi) is 3.25. The average Bonchev–Trinajstić information content (AvgIpc) is 3.10. The molecule has 1 saturated carbocycles. The largest absolute Gasteiger partial charge is 0.336 e. The van der Waals surface area contributed by atoms with E-state index in [9.17, 15) is 4.79 Å². The Bertz CT molecular complexity index is 431. The van der Waals surface area contributed by atoms with Crippen LogP contribution in [0.15, 0.2) is 28.7 Å². The Morgan fingerprint density at radius 2 is 2.06 bits per heavy atom. The molecule has 0 saturated heterocycles. The van der Waals surface area contributed by atoms with Crippen molar-refractivity contribution < 1.29 is 4.79 Å². The van der Waals surface area contributed by atoms with Gasteiger partial charge in [-0.3, -0.25) is 4.79 Å². The molecule has 1 N–H and O–H groups in total. The fourth-order valence-corrected chi connectivity index (χ4v) is 1.78. The number of nitrogens with zero attached hydrogens (tertiary/aromatic N) is 1. The third-order valence-corrected chi connectivity index (χ3v) is 3.15. The van der Waals surface area contributed by atoms with Crippen LogP contribution in [0.2, 0.25) is 0 Å². The number of hydrogen-bond acceptors (Lipinski definition) is 2. The second-order valence-corrected chi connectivity index (χ2v) is 4.84. The molecule has 1 fully saturated rings. The number of rotatable bonds is 3. The molecule has 1 aliphatic rings. The van der Waals surface area contributed by atoms with Crippen molar-refractivity contribution in [2.75, 3.05) is 0 Å². The summed E-state index contributed by atoms with van der Waals surface area (Å²) in [4.78, 5) is 11.8. The van der Waals surface area contributed by atoms with Crippen LogP contribution in [0.3, 0.4) is 0 Å². The van der Waals surface area contributed by atoms with Crippen molar-refractivity contribution in [3.05, 3.63) is 34.3 Å². The Labute approximate surface area is 103 Å². The lowest BCUT2D eigenvalue weighted by Crippen LogP contribution is -2.35. The van der Waals surface area contributed by atoms with Crippen molar-refractivity contribution in [3.8, 4) is 6.07 Å². The summed E-state index contributed by atoms with van der Waals surface area (Å²) in [7, 11) is 0. The van der Waals surface area contributed by atoms with Gasteiger partial charge in [0.05, 0.1) is 6.07 Å². The quantitative estimate of drug-likeness (QED) is 0.924. The van der Waals surface area contributed by atoms with E-state index in [0.29, 0.717) is 11.5 Å². The number of halogens is 1. The van der Waals surface area contributed by atoms with Gasteiger partial charge in [-0.2, -0.15) is 5.26 Å². The molecule has 0 bridgehead atoms. The third kappa shape index (κ3) is 2.61. The van der Waals surface area contributed by atoms with Gasteiger partial charge in [0, 0.05) is 10.0 Å². The summed E-state index contributed by atoms with van der Waals surface area (Å²) in [5.41, 5.74) is 0.587. The predicted molar refractivity (Wildman–Crippen MR) is 63.7 cm³/mol. The summed E-state index contributed by atoms with van der Waals surface area (Å²) >= 11 is 3.31. The summed E-state index contributed by atoms with van der Waals surface area (Å²) in [5, 5.41) is 11.7. The van der Waals surface area contributed by atoms with E-state index in [1.807, 2.05) is 12.1 Å². The predicted octanol–water partition coefficient (Wildman–Crippen LogP) is 2.48. The molecule has 1 aromatic rings. The van der Waals surface area contributed by atoms with Crippen LogP contribution in [0.25, 0.3) is 0 Å². The van der Waals surface area contributed by atoms with E-state index in [-0.39, 0.29) is 11.9 Å². The van der Waals surface area contributed by atoms with E-state index in [4.69, 9.17) is 5.26 Å². The van der Waals surface area contributed by atoms with E-state index in [0.717, 1.165) is 17.3 Å². The Morgan fingerprint density at radius 1 is 1.44 bits per heavy atom. The lowest BCUT2D eigenvalue weighted by Gasteiger charge is -2.10. The standard InChI is InChI=1S/C12H11BrN2O/c13-10-5-3-9(4-6-10)12(16)15-11(7-14)8-1-2-8/h3-6,8,11H,1-2H2,(H,15,16). The van der Waals surface area contributed by atoms with Crippen LogP contribution in [0, 0.1) is 17.2 Å². The molecule has 1 unspecified atom stereocenters. The van der Waals surface area contributed by atoms with Gasteiger partial charge >= 0.3 is 0 Å². The zero-order valence-electron chi connectivity index (χ0n) is 8.61. The van der Waals surface area contributed by atoms with Crippen LogP contribution in [-0.4, -0.2) is 11.9 Å². The summed E-state index contributed by atoms with van der Waals surface area (Å²) in [6, 6.07) is 8.90. The minimum atomic E-state index is -0.337. The van der Waals surface area contributed by atoms with E-state index in [2.05, 4.69) is 27.3 Å². The van der Waals surface area contributed by atoms with Gasteiger partial charge in [0.15, 0.2) is 0 Å². The topological polar surface area (TPSA) is 52.9 Å². The third-order valence-electron chi connectivity index (χ3n) is 2.63. The molecule has 0 radical (unpaired) electrons. The minimum absolute atomic E-state index is 0.175. The first-order valence-electron chi connectivity index (χ1n) is 5.17. The minimum Gasteiger partial charge on any atom is -0.336 e. The van der Waals surface area contributed by atoms with Gasteiger partial charge in [0.25, 0.3) is 5.91 Å². The number of carbonyl (C=O) groups excluding carboxylic acids is 1. The van der Waals surface area contributed by atoms with Crippen LogP contribution < -0.4 is 5.32 Å². The van der Waals surface area contributed by atoms with Crippen molar-refractivity contribution in [3.63, 3.8) is 0 Å². The second kappa shape index (κ2) is 4.67. The Morgan fingerprint density at radius 3 is 2.56 bits per heavy atom. The molecule has 0 spiro atoms. The van der Waals surface area contributed by atoms with Crippen molar-refractivity contribution in [1.29, 1.82) is 5.26 Å². The molecule has 1 atom stereocenters. The van der Waals surface area contributed by atoms with Crippen molar-refractivity contribution in [1.82, 2.24) is 5.32 Å². The first-order chi connectivity index (χ1) is 7.70. The molecule has 0 aromatic heterocycles. The van der Waals surface area contributed by atoms with Crippen LogP contribution in [0.4, 0.5) is 0 Å². The SMILES string of the molecule is N#CC(NC(=O)c1ccc(Br)cc1)C1CC1. The molecule has 0 aliphatic heterocycles. The summed E-state index contributed by atoms with van der Waals surface area (Å²) < 4.78 is 0.933. The highest BCUT2D eigenvalue weighted by Gasteiger charge is 2.32. The van der Waals surface area contributed by atoms with Crippen molar-refractivity contribution in [2.24, 2.45) is 5.92 Å². The van der Waals surface area contributed by atoms with Crippen molar-refractivity contribution >= 4 is 21.8 Å². The molecule has 1 aromatic carbocycles. The van der Waals surface area contributed by atoms with Crippen LogP contribution >= 0.6 is 15.9 Å². The first-order valence-corrected chi connectivity index (χ1v) is 5.96. The second-order valence-electron chi connectivity index (χ2n) is 3.92. The molecule has 0 heterocycles. The summed E-state index contributed by atoms with van der Waals surface area (Å²) in [6.45, 7) is 0. The van der Waals surface area contributed by atoms with E-state index < -0.39 is 0 Å². The van der Waals surface area contributed by atoms with Crippen LogP contribution in [0.5, 0.6) is 0 Å². The normalized spacial score (nSPS) is 16.2. The lowest BCUT2D eigenvalue weighted by atomic mass is 10.1. The highest BCUT2D eigenvalue weighted by Crippen LogP contribution is 2.32. The molecule has 2 rings (SSSR count). The van der Waals surface area contributed by atoms with Gasteiger partial charge in [-0.05, 0) is 43.0 Å². The molecule has 4 heteroatoms. The average molecular weight is 279 g/mol. The summed E-state index contributed by atoms with van der Waals surface area (Å²) in [6.07, 6.45) is 2.08. The smallest absolute Gasteiger partial charge is 0.252 e.